The maximum Gasteiger partial charge on any atom is 0.191 e. The van der Waals surface area contributed by atoms with E-state index < -0.39 is 5.60 Å². The van der Waals surface area contributed by atoms with Gasteiger partial charge in [-0.05, 0) is 49.6 Å². The predicted molar refractivity (Wildman–Crippen MR) is 127 cm³/mol. The Morgan fingerprint density at radius 3 is 2.66 bits per heavy atom. The third-order valence-electron chi connectivity index (χ3n) is 4.70. The molecule has 0 saturated carbocycles. The average molecular weight is 510 g/mol. The number of aliphatic imine (C=N–C) groups is 1. The number of guanidine groups is 1. The largest absolute Gasteiger partial charge is 0.384 e. The van der Waals surface area contributed by atoms with E-state index in [9.17, 15) is 9.50 Å². The normalized spacial score (nSPS) is 13.6. The standard InChI is InChI=1S/C22H27FN4O.HI/c1-3-24-21(27-15-22(2,28)17-7-5-4-6-8-17)25-12-11-16-14-26-20-13-18(23)9-10-19(16)20;/h4-10,13-14,26,28H,3,11-12,15H2,1-2H3,(H2,24,25,27);1H. The van der Waals surface area contributed by atoms with Crippen LogP contribution in [-0.2, 0) is 12.0 Å². The van der Waals surface area contributed by atoms with Crippen molar-refractivity contribution in [2.75, 3.05) is 19.6 Å². The summed E-state index contributed by atoms with van der Waals surface area (Å²) in [5.74, 6) is 0.413. The van der Waals surface area contributed by atoms with Gasteiger partial charge in [0.15, 0.2) is 5.96 Å². The highest BCUT2D eigenvalue weighted by molar-refractivity contribution is 14.0. The Bertz CT molecular complexity index is 940. The molecule has 0 fully saturated rings. The minimum Gasteiger partial charge on any atom is -0.384 e. The lowest BCUT2D eigenvalue weighted by molar-refractivity contribution is 0.0672. The second-order valence-electron chi connectivity index (χ2n) is 7.02. The first kappa shape index (κ1) is 23.2. The predicted octanol–water partition coefficient (Wildman–Crippen LogP) is 3.93. The fourth-order valence-electron chi connectivity index (χ4n) is 3.14. The quantitative estimate of drug-likeness (QED) is 0.221. The molecule has 0 spiro atoms. The van der Waals surface area contributed by atoms with E-state index in [-0.39, 0.29) is 36.3 Å². The van der Waals surface area contributed by atoms with Gasteiger partial charge in [0, 0.05) is 30.2 Å². The number of aromatic amines is 1. The van der Waals surface area contributed by atoms with E-state index in [1.54, 1.807) is 13.0 Å². The zero-order chi connectivity index (χ0) is 20.0. The highest BCUT2D eigenvalue weighted by Gasteiger charge is 2.22. The summed E-state index contributed by atoms with van der Waals surface area (Å²) in [6.07, 6.45) is 2.68. The lowest BCUT2D eigenvalue weighted by Crippen LogP contribution is -2.39. The summed E-state index contributed by atoms with van der Waals surface area (Å²) in [4.78, 5) is 7.65. The van der Waals surface area contributed by atoms with Gasteiger partial charge in [-0.3, -0.25) is 0 Å². The number of nitrogens with zero attached hydrogens (tertiary/aromatic N) is 1. The highest BCUT2D eigenvalue weighted by atomic mass is 127. The van der Waals surface area contributed by atoms with Crippen LogP contribution in [0.3, 0.4) is 0 Å². The van der Waals surface area contributed by atoms with Gasteiger partial charge >= 0.3 is 0 Å². The van der Waals surface area contributed by atoms with Crippen molar-refractivity contribution in [2.45, 2.75) is 25.9 Å². The van der Waals surface area contributed by atoms with E-state index in [1.165, 1.54) is 12.1 Å². The van der Waals surface area contributed by atoms with Gasteiger partial charge in [0.2, 0.25) is 0 Å². The Balaban J connectivity index is 0.00000300. The van der Waals surface area contributed by atoms with Crippen LogP contribution < -0.4 is 10.6 Å². The molecule has 3 rings (SSSR count). The summed E-state index contributed by atoms with van der Waals surface area (Å²) in [6.45, 7) is 5.41. The molecule has 7 heteroatoms. The zero-order valence-electron chi connectivity index (χ0n) is 16.7. The molecule has 1 heterocycles. The Morgan fingerprint density at radius 2 is 1.93 bits per heavy atom. The Hall–Kier alpha value is -2.13. The van der Waals surface area contributed by atoms with Crippen molar-refractivity contribution in [3.05, 3.63) is 71.7 Å². The van der Waals surface area contributed by atoms with Crippen LogP contribution in [0.2, 0.25) is 0 Å². The van der Waals surface area contributed by atoms with E-state index in [0.717, 1.165) is 35.0 Å². The van der Waals surface area contributed by atoms with E-state index in [2.05, 4.69) is 20.6 Å². The lowest BCUT2D eigenvalue weighted by Gasteiger charge is -2.22. The molecule has 0 aliphatic heterocycles. The minimum atomic E-state index is -1.04. The number of nitrogens with one attached hydrogen (secondary N) is 3. The number of fused-ring (bicyclic) bond motifs is 1. The maximum absolute atomic E-state index is 13.3. The fourth-order valence-corrected chi connectivity index (χ4v) is 3.14. The van der Waals surface area contributed by atoms with Crippen molar-refractivity contribution in [1.82, 2.24) is 15.6 Å². The van der Waals surface area contributed by atoms with Gasteiger partial charge in [0.25, 0.3) is 0 Å². The summed E-state index contributed by atoms with van der Waals surface area (Å²) in [6, 6.07) is 14.3. The SMILES string of the molecule is CCNC(=NCC(C)(O)c1ccccc1)NCCc1c[nH]c2cc(F)ccc12.I. The number of aromatic nitrogens is 1. The molecule has 2 aromatic carbocycles. The van der Waals surface area contributed by atoms with Crippen LogP contribution in [-0.4, -0.2) is 35.7 Å². The highest BCUT2D eigenvalue weighted by Crippen LogP contribution is 2.21. The van der Waals surface area contributed by atoms with Gasteiger partial charge < -0.3 is 20.7 Å². The first-order valence-electron chi connectivity index (χ1n) is 9.55. The third kappa shape index (κ3) is 6.17. The van der Waals surface area contributed by atoms with Crippen molar-refractivity contribution in [3.63, 3.8) is 0 Å². The molecule has 0 aliphatic rings. The van der Waals surface area contributed by atoms with Crippen LogP contribution in [0.5, 0.6) is 0 Å². The molecular weight excluding hydrogens is 482 g/mol. The first-order valence-corrected chi connectivity index (χ1v) is 9.55. The van der Waals surface area contributed by atoms with E-state index in [0.29, 0.717) is 12.5 Å². The number of aliphatic hydroxyl groups is 1. The van der Waals surface area contributed by atoms with Crippen LogP contribution in [0.4, 0.5) is 4.39 Å². The smallest absolute Gasteiger partial charge is 0.191 e. The van der Waals surface area contributed by atoms with Gasteiger partial charge in [-0.15, -0.1) is 24.0 Å². The summed E-state index contributed by atoms with van der Waals surface area (Å²) < 4.78 is 13.3. The molecule has 0 radical (unpaired) electrons. The van der Waals surface area contributed by atoms with Crippen LogP contribution in [0.15, 0.2) is 59.7 Å². The molecule has 1 aromatic heterocycles. The topological polar surface area (TPSA) is 72.4 Å². The van der Waals surface area contributed by atoms with Crippen LogP contribution >= 0.6 is 24.0 Å². The number of benzene rings is 2. The van der Waals surface area contributed by atoms with Gasteiger partial charge in [-0.25, -0.2) is 9.38 Å². The minimum absolute atomic E-state index is 0. The number of H-pyrrole nitrogens is 1. The molecule has 156 valence electrons. The molecule has 1 unspecified atom stereocenters. The molecule has 29 heavy (non-hydrogen) atoms. The van der Waals surface area contributed by atoms with E-state index >= 15 is 0 Å². The molecule has 0 bridgehead atoms. The zero-order valence-corrected chi connectivity index (χ0v) is 19.0. The van der Waals surface area contributed by atoms with Crippen molar-refractivity contribution >= 4 is 40.8 Å². The second kappa shape index (κ2) is 10.6. The maximum atomic E-state index is 13.3. The first-order chi connectivity index (χ1) is 13.5. The van der Waals surface area contributed by atoms with Crippen LogP contribution in [0.25, 0.3) is 10.9 Å². The Morgan fingerprint density at radius 1 is 1.17 bits per heavy atom. The van der Waals surface area contributed by atoms with Crippen molar-refractivity contribution in [1.29, 1.82) is 0 Å². The van der Waals surface area contributed by atoms with Crippen LogP contribution in [0.1, 0.15) is 25.0 Å². The average Bonchev–Trinajstić information content (AvgIpc) is 3.09. The summed E-state index contributed by atoms with van der Waals surface area (Å²) >= 11 is 0. The number of hydrogen-bond acceptors (Lipinski definition) is 2. The molecular formula is C22H28FIN4O. The molecule has 5 nitrogen and oxygen atoms in total. The summed E-state index contributed by atoms with van der Waals surface area (Å²) in [5.41, 5.74) is 1.72. The van der Waals surface area contributed by atoms with Gasteiger partial charge in [0.1, 0.15) is 11.4 Å². The monoisotopic (exact) mass is 510 g/mol. The second-order valence-corrected chi connectivity index (χ2v) is 7.02. The Kier molecular flexibility index (Phi) is 8.45. The van der Waals surface area contributed by atoms with Gasteiger partial charge in [-0.2, -0.15) is 0 Å². The summed E-state index contributed by atoms with van der Waals surface area (Å²) in [5, 5.41) is 18.2. The summed E-state index contributed by atoms with van der Waals surface area (Å²) in [7, 11) is 0. The van der Waals surface area contributed by atoms with Gasteiger partial charge in [0.05, 0.1) is 6.54 Å². The molecule has 3 aromatic rings. The molecule has 1 atom stereocenters. The van der Waals surface area contributed by atoms with E-state index in [1.807, 2.05) is 43.5 Å². The number of rotatable bonds is 7. The van der Waals surface area contributed by atoms with E-state index in [4.69, 9.17) is 0 Å². The number of halogens is 2. The lowest BCUT2D eigenvalue weighted by atomic mass is 9.96. The van der Waals surface area contributed by atoms with Crippen molar-refractivity contribution in [2.24, 2.45) is 4.99 Å². The van der Waals surface area contributed by atoms with Gasteiger partial charge in [-0.1, -0.05) is 30.3 Å². The third-order valence-corrected chi connectivity index (χ3v) is 4.70. The molecule has 0 amide bonds. The van der Waals surface area contributed by atoms with Crippen molar-refractivity contribution < 1.29 is 9.50 Å². The molecule has 4 N–H and O–H groups in total. The van der Waals surface area contributed by atoms with Crippen molar-refractivity contribution in [3.8, 4) is 0 Å². The Labute approximate surface area is 187 Å². The molecule has 0 saturated heterocycles. The van der Waals surface area contributed by atoms with Crippen LogP contribution in [0, 0.1) is 5.82 Å². The number of hydrogen-bond donors (Lipinski definition) is 4. The molecule has 0 aliphatic carbocycles. The fraction of sp³-hybridized carbons (Fsp3) is 0.318.